The Morgan fingerprint density at radius 1 is 0.392 bits per heavy atom. The maximum Gasteiger partial charge on any atom is 0.136 e. The van der Waals surface area contributed by atoms with Crippen LogP contribution in [0.5, 0.6) is 0 Å². The normalized spacial score (nSPS) is 11.9. The minimum atomic E-state index is 0.896. The number of hydrogen-bond donors (Lipinski definition) is 0. The van der Waals surface area contributed by atoms with Gasteiger partial charge in [0.05, 0.1) is 5.69 Å². The standard InChI is InChI=1S/C48H29NOS/c1-2-11-34-28-35(17-16-30(34)8-1)31-18-21-36(22-19-31)49(42-15-7-12-32-9-3-5-13-38(32)42)37-23-25-43-41(29-37)47-44(50-43)26-24-40-46-39-14-6-4-10-33(39)20-27-45(46)51-48(40)47/h1-29H. The van der Waals surface area contributed by atoms with Crippen LogP contribution >= 0.6 is 11.3 Å². The van der Waals surface area contributed by atoms with Crippen molar-refractivity contribution in [2.75, 3.05) is 4.90 Å². The lowest BCUT2D eigenvalue weighted by Gasteiger charge is -2.27. The molecule has 0 radical (unpaired) electrons. The molecule has 0 aliphatic rings. The molecule has 11 aromatic rings. The van der Waals surface area contributed by atoms with Crippen LogP contribution in [0, 0.1) is 0 Å². The molecular formula is C48H29NOS. The van der Waals surface area contributed by atoms with Gasteiger partial charge in [0, 0.05) is 47.7 Å². The first-order valence-corrected chi connectivity index (χ1v) is 18.1. The van der Waals surface area contributed by atoms with Gasteiger partial charge in [-0.15, -0.1) is 11.3 Å². The van der Waals surface area contributed by atoms with Crippen molar-refractivity contribution in [3.63, 3.8) is 0 Å². The molecule has 0 aliphatic carbocycles. The molecule has 51 heavy (non-hydrogen) atoms. The monoisotopic (exact) mass is 667 g/mol. The van der Waals surface area contributed by atoms with E-state index in [-0.39, 0.29) is 0 Å². The highest BCUT2D eigenvalue weighted by Gasteiger charge is 2.20. The smallest absolute Gasteiger partial charge is 0.136 e. The zero-order valence-corrected chi connectivity index (χ0v) is 28.3. The molecule has 0 N–H and O–H groups in total. The minimum Gasteiger partial charge on any atom is -0.456 e. The Morgan fingerprint density at radius 2 is 1.06 bits per heavy atom. The first-order valence-electron chi connectivity index (χ1n) is 17.3. The Bertz CT molecular complexity index is 3140. The molecule has 11 rings (SSSR count). The van der Waals surface area contributed by atoms with Gasteiger partial charge in [-0.3, -0.25) is 0 Å². The van der Waals surface area contributed by atoms with Crippen LogP contribution in [0.4, 0.5) is 17.1 Å². The van der Waals surface area contributed by atoms with Gasteiger partial charge in [0.15, 0.2) is 0 Å². The van der Waals surface area contributed by atoms with Gasteiger partial charge in [-0.05, 0) is 98.7 Å². The van der Waals surface area contributed by atoms with Crippen molar-refractivity contribution in [3.8, 4) is 11.1 Å². The molecule has 2 heterocycles. The number of fused-ring (bicyclic) bond motifs is 11. The molecule has 2 nitrogen and oxygen atoms in total. The largest absolute Gasteiger partial charge is 0.456 e. The van der Waals surface area contributed by atoms with Gasteiger partial charge in [-0.2, -0.15) is 0 Å². The molecule has 0 spiro atoms. The van der Waals surface area contributed by atoms with Crippen molar-refractivity contribution < 1.29 is 4.42 Å². The highest BCUT2D eigenvalue weighted by molar-refractivity contribution is 7.27. The molecule has 238 valence electrons. The lowest BCUT2D eigenvalue weighted by Crippen LogP contribution is -2.10. The summed E-state index contributed by atoms with van der Waals surface area (Å²) in [6.07, 6.45) is 0. The SMILES string of the molecule is c1ccc2cc(-c3ccc(N(c4ccc5oc6ccc7c(sc8ccc9ccccc9c87)c6c5c4)c4cccc5ccccc45)cc3)ccc2c1. The number of furan rings is 1. The summed E-state index contributed by atoms with van der Waals surface area (Å²) in [5, 5.41) is 12.4. The van der Waals surface area contributed by atoms with E-state index in [0.29, 0.717) is 0 Å². The molecule has 3 heteroatoms. The molecule has 0 fully saturated rings. The highest BCUT2D eigenvalue weighted by atomic mass is 32.1. The third-order valence-corrected chi connectivity index (χ3v) is 11.6. The number of anilines is 3. The Hall–Kier alpha value is -6.42. The van der Waals surface area contributed by atoms with Crippen molar-refractivity contribution in [2.45, 2.75) is 0 Å². The summed E-state index contributed by atoms with van der Waals surface area (Å²) in [5.74, 6) is 0. The van der Waals surface area contributed by atoms with Crippen LogP contribution in [-0.4, -0.2) is 0 Å². The van der Waals surface area contributed by atoms with Crippen LogP contribution < -0.4 is 4.90 Å². The molecule has 2 aromatic heterocycles. The zero-order chi connectivity index (χ0) is 33.5. The van der Waals surface area contributed by atoms with Crippen LogP contribution in [0.3, 0.4) is 0 Å². The Kier molecular flexibility index (Phi) is 6.16. The first-order chi connectivity index (χ1) is 25.3. The third-order valence-electron chi connectivity index (χ3n) is 10.4. The van der Waals surface area contributed by atoms with Gasteiger partial charge in [0.2, 0.25) is 0 Å². The first kappa shape index (κ1) is 28.4. The summed E-state index contributed by atoms with van der Waals surface area (Å²) >= 11 is 1.86. The number of nitrogens with zero attached hydrogens (tertiary/aromatic N) is 1. The van der Waals surface area contributed by atoms with E-state index in [0.717, 1.165) is 33.6 Å². The van der Waals surface area contributed by atoms with Crippen LogP contribution in [0.15, 0.2) is 180 Å². The zero-order valence-electron chi connectivity index (χ0n) is 27.5. The quantitative estimate of drug-likeness (QED) is 0.186. The van der Waals surface area contributed by atoms with Crippen molar-refractivity contribution in [2.24, 2.45) is 0 Å². The second-order valence-corrected chi connectivity index (χ2v) is 14.4. The van der Waals surface area contributed by atoms with Crippen molar-refractivity contribution in [3.05, 3.63) is 176 Å². The summed E-state index contributed by atoms with van der Waals surface area (Å²) in [5.41, 5.74) is 7.54. The van der Waals surface area contributed by atoms with Gasteiger partial charge >= 0.3 is 0 Å². The van der Waals surface area contributed by atoms with Crippen LogP contribution in [-0.2, 0) is 0 Å². The van der Waals surface area contributed by atoms with Gasteiger partial charge in [0.1, 0.15) is 11.2 Å². The lowest BCUT2D eigenvalue weighted by molar-refractivity contribution is 0.669. The van der Waals surface area contributed by atoms with Crippen LogP contribution in [0.25, 0.3) is 85.6 Å². The van der Waals surface area contributed by atoms with E-state index in [1.165, 1.54) is 69.0 Å². The summed E-state index contributed by atoms with van der Waals surface area (Å²) < 4.78 is 9.11. The maximum absolute atomic E-state index is 6.54. The van der Waals surface area contributed by atoms with E-state index in [1.807, 2.05) is 11.3 Å². The van der Waals surface area contributed by atoms with Gasteiger partial charge in [-0.25, -0.2) is 0 Å². The molecule has 0 unspecified atom stereocenters. The van der Waals surface area contributed by atoms with E-state index in [4.69, 9.17) is 4.42 Å². The molecule has 9 aromatic carbocycles. The molecule has 0 atom stereocenters. The summed E-state index contributed by atoms with van der Waals surface area (Å²) in [7, 11) is 0. The Morgan fingerprint density at radius 3 is 1.92 bits per heavy atom. The van der Waals surface area contributed by atoms with Gasteiger partial charge in [-0.1, -0.05) is 115 Å². The lowest BCUT2D eigenvalue weighted by atomic mass is 10.0. The minimum absolute atomic E-state index is 0.896. The van der Waals surface area contributed by atoms with E-state index in [9.17, 15) is 0 Å². The molecule has 0 bridgehead atoms. The predicted molar refractivity (Wildman–Crippen MR) is 219 cm³/mol. The average molecular weight is 668 g/mol. The number of rotatable bonds is 4. The number of thiophene rings is 1. The van der Waals surface area contributed by atoms with E-state index < -0.39 is 0 Å². The van der Waals surface area contributed by atoms with Crippen molar-refractivity contribution in [1.82, 2.24) is 0 Å². The van der Waals surface area contributed by atoms with Crippen LogP contribution in [0.2, 0.25) is 0 Å². The molecule has 0 saturated heterocycles. The molecular weight excluding hydrogens is 639 g/mol. The second kappa shape index (κ2) is 11.0. The Balaban J connectivity index is 1.12. The van der Waals surface area contributed by atoms with Crippen molar-refractivity contribution in [1.29, 1.82) is 0 Å². The second-order valence-electron chi connectivity index (χ2n) is 13.3. The number of benzene rings is 9. The summed E-state index contributed by atoms with van der Waals surface area (Å²) in [6.45, 7) is 0. The fourth-order valence-corrected chi connectivity index (χ4v) is 9.26. The van der Waals surface area contributed by atoms with E-state index in [1.54, 1.807) is 0 Å². The fourth-order valence-electron chi connectivity index (χ4n) is 7.99. The fraction of sp³-hybridized carbons (Fsp3) is 0. The Labute approximate surface area is 298 Å². The van der Waals surface area contributed by atoms with Crippen molar-refractivity contribution >= 4 is 103 Å². The molecule has 0 aliphatic heterocycles. The maximum atomic E-state index is 6.54. The summed E-state index contributed by atoms with van der Waals surface area (Å²) in [4.78, 5) is 2.39. The highest BCUT2D eigenvalue weighted by Crippen LogP contribution is 2.47. The number of hydrogen-bond acceptors (Lipinski definition) is 3. The molecule has 0 amide bonds. The average Bonchev–Trinajstić information content (AvgIpc) is 3.77. The predicted octanol–water partition coefficient (Wildman–Crippen LogP) is 14.6. The van der Waals surface area contributed by atoms with Crippen LogP contribution in [0.1, 0.15) is 0 Å². The third kappa shape index (κ3) is 4.42. The van der Waals surface area contributed by atoms with E-state index >= 15 is 0 Å². The van der Waals surface area contributed by atoms with Gasteiger partial charge in [0.25, 0.3) is 0 Å². The van der Waals surface area contributed by atoms with Gasteiger partial charge < -0.3 is 9.32 Å². The van der Waals surface area contributed by atoms with E-state index in [2.05, 4.69) is 181 Å². The summed E-state index contributed by atoms with van der Waals surface area (Å²) in [6, 6.07) is 63.7. The molecule has 0 saturated carbocycles. The topological polar surface area (TPSA) is 16.4 Å².